The van der Waals surface area contributed by atoms with Crippen molar-refractivity contribution in [2.45, 2.75) is 58.3 Å². The molecule has 1 N–H and O–H groups in total. The van der Waals surface area contributed by atoms with Crippen molar-refractivity contribution in [2.24, 2.45) is 0 Å². The van der Waals surface area contributed by atoms with Gasteiger partial charge in [-0.05, 0) is 56.9 Å². The van der Waals surface area contributed by atoms with Crippen LogP contribution in [-0.2, 0) is 22.5 Å². The molecule has 32 heavy (non-hydrogen) atoms. The first-order valence-corrected chi connectivity index (χ1v) is 12.0. The van der Waals surface area contributed by atoms with Gasteiger partial charge in [0.05, 0.1) is 22.8 Å². The summed E-state index contributed by atoms with van der Waals surface area (Å²) < 4.78 is 7.28. The summed E-state index contributed by atoms with van der Waals surface area (Å²) in [7, 11) is 0. The number of hydrogen-bond donors (Lipinski definition) is 1. The minimum Gasteiger partial charge on any atom is -0.379 e. The maximum Gasteiger partial charge on any atom is 0.262 e. The molecule has 1 aromatic heterocycles. The molecule has 7 heteroatoms. The van der Waals surface area contributed by atoms with Gasteiger partial charge in [-0.25, -0.2) is 4.98 Å². The molecular formula is C25H31N3O3S. The van der Waals surface area contributed by atoms with Crippen LogP contribution in [0.5, 0.6) is 0 Å². The number of aromatic nitrogens is 2. The third-order valence-corrected chi connectivity index (χ3v) is 6.12. The molecule has 0 spiro atoms. The fraction of sp³-hybridized carbons (Fsp3) is 0.400. The number of anilines is 1. The summed E-state index contributed by atoms with van der Waals surface area (Å²) >= 11 is 1.29. The van der Waals surface area contributed by atoms with Crippen LogP contribution >= 0.6 is 11.8 Å². The number of aryl methyl sites for hydroxylation is 2. The van der Waals surface area contributed by atoms with E-state index in [1.165, 1.54) is 11.8 Å². The molecule has 0 saturated carbocycles. The van der Waals surface area contributed by atoms with Crippen LogP contribution in [0.1, 0.15) is 38.3 Å². The van der Waals surface area contributed by atoms with E-state index in [2.05, 4.69) is 17.2 Å². The lowest BCUT2D eigenvalue weighted by molar-refractivity contribution is -0.113. The van der Waals surface area contributed by atoms with Crippen LogP contribution in [0.2, 0.25) is 0 Å². The number of nitrogens with one attached hydrogen (secondary N) is 1. The highest BCUT2D eigenvalue weighted by Crippen LogP contribution is 2.23. The number of thioether (sulfide) groups is 1. The molecule has 170 valence electrons. The van der Waals surface area contributed by atoms with E-state index >= 15 is 0 Å². The second-order valence-corrected chi connectivity index (χ2v) is 8.88. The number of para-hydroxylation sites is 2. The van der Waals surface area contributed by atoms with Gasteiger partial charge in [0, 0.05) is 18.8 Å². The van der Waals surface area contributed by atoms with Gasteiger partial charge in [0.1, 0.15) is 0 Å². The zero-order chi connectivity index (χ0) is 23.1. The highest BCUT2D eigenvalue weighted by molar-refractivity contribution is 7.99. The van der Waals surface area contributed by atoms with Crippen LogP contribution in [0.15, 0.2) is 52.4 Å². The molecular weight excluding hydrogens is 422 g/mol. The molecule has 0 unspecified atom stereocenters. The second kappa shape index (κ2) is 11.3. The Kier molecular flexibility index (Phi) is 8.47. The van der Waals surface area contributed by atoms with E-state index < -0.39 is 0 Å². The van der Waals surface area contributed by atoms with E-state index in [0.29, 0.717) is 35.6 Å². The zero-order valence-electron chi connectivity index (χ0n) is 19.2. The summed E-state index contributed by atoms with van der Waals surface area (Å²) in [6.45, 7) is 9.09. The van der Waals surface area contributed by atoms with Gasteiger partial charge in [-0.1, -0.05) is 49.0 Å². The Morgan fingerprint density at radius 3 is 2.72 bits per heavy atom. The molecule has 1 amide bonds. The number of carbonyl (C=O) groups excluding carboxylic acids is 1. The first-order chi connectivity index (χ1) is 15.4. The molecule has 6 nitrogen and oxygen atoms in total. The van der Waals surface area contributed by atoms with Crippen molar-refractivity contribution < 1.29 is 9.53 Å². The summed E-state index contributed by atoms with van der Waals surface area (Å²) in [6, 6.07) is 13.3. The molecule has 0 aliphatic carbocycles. The Morgan fingerprint density at radius 1 is 1.19 bits per heavy atom. The van der Waals surface area contributed by atoms with Crippen molar-refractivity contribution in [1.29, 1.82) is 0 Å². The summed E-state index contributed by atoms with van der Waals surface area (Å²) in [6.07, 6.45) is 1.68. The standard InChI is InChI=1S/C25H31N3O3S/c1-5-19-11-8-10-18(4)23(19)27-22(29)16-32-25-26-21-13-7-6-12-20(21)24(30)28(25)14-9-15-31-17(2)3/h6-8,10-13,17H,5,9,14-16H2,1-4H3,(H,27,29). The van der Waals surface area contributed by atoms with E-state index in [1.54, 1.807) is 10.6 Å². The Bertz CT molecular complexity index is 1140. The Labute approximate surface area is 193 Å². The molecule has 3 rings (SSSR count). The lowest BCUT2D eigenvalue weighted by Gasteiger charge is -2.15. The topological polar surface area (TPSA) is 73.2 Å². The quantitative estimate of drug-likeness (QED) is 0.271. The molecule has 0 aliphatic heterocycles. The fourth-order valence-electron chi connectivity index (χ4n) is 3.50. The van der Waals surface area contributed by atoms with Crippen molar-refractivity contribution in [1.82, 2.24) is 9.55 Å². The van der Waals surface area contributed by atoms with Gasteiger partial charge in [0.2, 0.25) is 5.91 Å². The molecule has 0 aliphatic rings. The van der Waals surface area contributed by atoms with Crippen LogP contribution in [0, 0.1) is 6.92 Å². The van der Waals surface area contributed by atoms with Crippen LogP contribution in [0.3, 0.4) is 0 Å². The normalized spacial score (nSPS) is 11.3. The molecule has 2 aromatic carbocycles. The van der Waals surface area contributed by atoms with Gasteiger partial charge in [0.15, 0.2) is 5.16 Å². The first-order valence-electron chi connectivity index (χ1n) is 11.0. The lowest BCUT2D eigenvalue weighted by atomic mass is 10.1. The van der Waals surface area contributed by atoms with Gasteiger partial charge in [0.25, 0.3) is 5.56 Å². The number of fused-ring (bicyclic) bond motifs is 1. The smallest absolute Gasteiger partial charge is 0.262 e. The minimum absolute atomic E-state index is 0.0878. The maximum atomic E-state index is 13.1. The second-order valence-electron chi connectivity index (χ2n) is 7.94. The third-order valence-electron chi connectivity index (χ3n) is 5.14. The predicted octanol–water partition coefficient (Wildman–Crippen LogP) is 4.81. The highest BCUT2D eigenvalue weighted by Gasteiger charge is 2.14. The lowest BCUT2D eigenvalue weighted by Crippen LogP contribution is -2.25. The largest absolute Gasteiger partial charge is 0.379 e. The van der Waals surface area contributed by atoms with Crippen LogP contribution in [0.25, 0.3) is 10.9 Å². The van der Waals surface area contributed by atoms with Crippen molar-refractivity contribution >= 4 is 34.3 Å². The summed E-state index contributed by atoms with van der Waals surface area (Å²) in [4.78, 5) is 30.5. The van der Waals surface area contributed by atoms with E-state index in [4.69, 9.17) is 4.74 Å². The highest BCUT2D eigenvalue weighted by atomic mass is 32.2. The monoisotopic (exact) mass is 453 g/mol. The minimum atomic E-state index is -0.115. The summed E-state index contributed by atoms with van der Waals surface area (Å²) in [5, 5.41) is 4.17. The molecule has 0 radical (unpaired) electrons. The average Bonchev–Trinajstić information content (AvgIpc) is 2.77. The van der Waals surface area contributed by atoms with E-state index in [1.807, 2.05) is 57.2 Å². The summed E-state index contributed by atoms with van der Waals surface area (Å²) in [5.74, 6) is 0.0567. The molecule has 1 heterocycles. The third kappa shape index (κ3) is 5.99. The van der Waals surface area contributed by atoms with Crippen molar-refractivity contribution in [3.63, 3.8) is 0 Å². The number of carbonyl (C=O) groups is 1. The molecule has 0 saturated heterocycles. The van der Waals surface area contributed by atoms with E-state index in [-0.39, 0.29) is 23.3 Å². The Morgan fingerprint density at radius 2 is 1.97 bits per heavy atom. The number of nitrogens with zero attached hydrogens (tertiary/aromatic N) is 2. The van der Waals surface area contributed by atoms with Crippen LogP contribution in [0.4, 0.5) is 5.69 Å². The SMILES string of the molecule is CCc1cccc(C)c1NC(=O)CSc1nc2ccccc2c(=O)n1CCCOC(C)C. The van der Waals surface area contributed by atoms with Crippen molar-refractivity contribution in [3.8, 4) is 0 Å². The fourth-order valence-corrected chi connectivity index (χ4v) is 4.33. The maximum absolute atomic E-state index is 13.1. The molecule has 0 atom stereocenters. The zero-order valence-corrected chi connectivity index (χ0v) is 20.0. The van der Waals surface area contributed by atoms with Gasteiger partial charge < -0.3 is 10.1 Å². The van der Waals surface area contributed by atoms with Gasteiger partial charge in [-0.15, -0.1) is 0 Å². The number of benzene rings is 2. The predicted molar refractivity (Wildman–Crippen MR) is 132 cm³/mol. The van der Waals surface area contributed by atoms with Gasteiger partial charge in [-0.2, -0.15) is 0 Å². The van der Waals surface area contributed by atoms with Gasteiger partial charge >= 0.3 is 0 Å². The van der Waals surface area contributed by atoms with E-state index in [0.717, 1.165) is 23.2 Å². The first kappa shape index (κ1) is 24.0. The van der Waals surface area contributed by atoms with Crippen molar-refractivity contribution in [3.05, 3.63) is 63.9 Å². The summed E-state index contributed by atoms with van der Waals surface area (Å²) in [5.41, 5.74) is 3.57. The Balaban J connectivity index is 1.79. The van der Waals surface area contributed by atoms with Crippen molar-refractivity contribution in [2.75, 3.05) is 17.7 Å². The molecule has 0 fully saturated rings. The van der Waals surface area contributed by atoms with E-state index in [9.17, 15) is 9.59 Å². The molecule has 0 bridgehead atoms. The number of hydrogen-bond acceptors (Lipinski definition) is 5. The van der Waals surface area contributed by atoms with Crippen LogP contribution in [-0.4, -0.2) is 33.9 Å². The average molecular weight is 454 g/mol. The molecule has 3 aromatic rings. The van der Waals surface area contributed by atoms with Gasteiger partial charge in [-0.3, -0.25) is 14.2 Å². The Hall–Kier alpha value is -2.64. The number of rotatable bonds is 10. The number of amides is 1. The number of ether oxygens (including phenoxy) is 1. The van der Waals surface area contributed by atoms with Crippen LogP contribution < -0.4 is 10.9 Å².